The molecular formula is C20H27N3O2. The van der Waals surface area contributed by atoms with Crippen LogP contribution >= 0.6 is 0 Å². The zero-order valence-corrected chi connectivity index (χ0v) is 15.5. The van der Waals surface area contributed by atoms with Crippen molar-refractivity contribution in [2.45, 2.75) is 33.7 Å². The second-order valence-electron chi connectivity index (χ2n) is 6.28. The zero-order chi connectivity index (χ0) is 18.4. The number of phenols is 1. The Hall–Kier alpha value is -2.56. The number of benzene rings is 1. The van der Waals surface area contributed by atoms with Crippen LogP contribution in [0.25, 0.3) is 0 Å². The first kappa shape index (κ1) is 18.8. The second kappa shape index (κ2) is 8.51. The third-order valence-corrected chi connectivity index (χ3v) is 4.33. The predicted molar refractivity (Wildman–Crippen MR) is 101 cm³/mol. The van der Waals surface area contributed by atoms with E-state index in [-0.39, 0.29) is 11.7 Å². The number of aromatic hydroxyl groups is 1. The van der Waals surface area contributed by atoms with Crippen molar-refractivity contribution in [1.82, 2.24) is 9.80 Å². The van der Waals surface area contributed by atoms with E-state index in [1.165, 1.54) is 0 Å². The summed E-state index contributed by atoms with van der Waals surface area (Å²) >= 11 is 0. The summed E-state index contributed by atoms with van der Waals surface area (Å²) in [6.07, 6.45) is 4.57. The van der Waals surface area contributed by atoms with Crippen LogP contribution in [-0.4, -0.2) is 47.2 Å². The number of hydrogen-bond donors (Lipinski definition) is 1. The molecule has 1 aliphatic rings. The minimum absolute atomic E-state index is 0.00850. The smallest absolute Gasteiger partial charge is 0.257 e. The third kappa shape index (κ3) is 4.72. The van der Waals surface area contributed by atoms with Gasteiger partial charge in [0.15, 0.2) is 0 Å². The van der Waals surface area contributed by atoms with E-state index >= 15 is 0 Å². The number of hydrogen-bond acceptors (Lipinski definition) is 4. The summed E-state index contributed by atoms with van der Waals surface area (Å²) in [5, 5.41) is 9.44. The molecule has 0 fully saturated rings. The maximum Gasteiger partial charge on any atom is 0.257 e. The molecule has 1 amide bonds. The number of allylic oxidation sites excluding steroid dienone is 1. The molecule has 0 saturated heterocycles. The van der Waals surface area contributed by atoms with Crippen LogP contribution in [0.2, 0.25) is 0 Å². The van der Waals surface area contributed by atoms with Crippen molar-refractivity contribution in [3.8, 4) is 5.75 Å². The molecule has 0 atom stereocenters. The maximum atomic E-state index is 13.2. The van der Waals surface area contributed by atoms with Gasteiger partial charge in [-0.2, -0.15) is 0 Å². The standard InChI is InChI=1S/C20H27N3O2/c1-5-15(3)13-18-19(21-6-2)22(4)11-12-23(20(18)25)14-16-7-9-17(24)10-8-16/h6-10,13,24H,5,11-12,14H2,1-4H3/b15-13-,21-6-. The van der Waals surface area contributed by atoms with Crippen molar-refractivity contribution in [2.24, 2.45) is 4.99 Å². The molecule has 1 N–H and O–H groups in total. The van der Waals surface area contributed by atoms with E-state index in [1.54, 1.807) is 18.3 Å². The Morgan fingerprint density at radius 1 is 1.28 bits per heavy atom. The number of carbonyl (C=O) groups excluding carboxylic acids is 1. The summed E-state index contributed by atoms with van der Waals surface area (Å²) in [7, 11) is 1.97. The van der Waals surface area contributed by atoms with Gasteiger partial charge in [0.25, 0.3) is 5.91 Å². The van der Waals surface area contributed by atoms with E-state index in [0.29, 0.717) is 24.5 Å². The van der Waals surface area contributed by atoms with E-state index in [2.05, 4.69) is 11.9 Å². The number of nitrogens with zero attached hydrogens (tertiary/aromatic N) is 3. The molecule has 1 aliphatic heterocycles. The average Bonchev–Trinajstić information content (AvgIpc) is 2.71. The fourth-order valence-electron chi connectivity index (χ4n) is 2.69. The van der Waals surface area contributed by atoms with Gasteiger partial charge in [-0.15, -0.1) is 0 Å². The number of phenolic OH excluding ortho intramolecular Hbond substituents is 1. The second-order valence-corrected chi connectivity index (χ2v) is 6.28. The molecule has 134 valence electrons. The first-order valence-corrected chi connectivity index (χ1v) is 8.64. The highest BCUT2D eigenvalue weighted by atomic mass is 16.3. The molecule has 25 heavy (non-hydrogen) atoms. The van der Waals surface area contributed by atoms with Crippen LogP contribution in [-0.2, 0) is 11.3 Å². The third-order valence-electron chi connectivity index (χ3n) is 4.33. The lowest BCUT2D eigenvalue weighted by Gasteiger charge is -2.22. The molecule has 5 nitrogen and oxygen atoms in total. The molecule has 0 aliphatic carbocycles. The fourth-order valence-corrected chi connectivity index (χ4v) is 2.69. The van der Waals surface area contributed by atoms with Gasteiger partial charge < -0.3 is 14.9 Å². The van der Waals surface area contributed by atoms with Crippen LogP contribution in [0.15, 0.2) is 52.3 Å². The number of aliphatic imine (C=N–C) groups is 1. The first-order valence-electron chi connectivity index (χ1n) is 8.64. The summed E-state index contributed by atoms with van der Waals surface area (Å²) in [4.78, 5) is 21.5. The molecule has 0 spiro atoms. The molecule has 5 heteroatoms. The quantitative estimate of drug-likeness (QED) is 0.836. The lowest BCUT2D eigenvalue weighted by Crippen LogP contribution is -2.33. The van der Waals surface area contributed by atoms with Crippen molar-refractivity contribution in [3.05, 3.63) is 52.9 Å². The highest BCUT2D eigenvalue weighted by Crippen LogP contribution is 2.22. The summed E-state index contributed by atoms with van der Waals surface area (Å²) in [6.45, 7) is 7.83. The molecule has 0 aromatic heterocycles. The van der Waals surface area contributed by atoms with Gasteiger partial charge in [0.1, 0.15) is 11.6 Å². The Labute approximate surface area is 150 Å². The number of likely N-dealkylation sites (N-methyl/N-ethyl adjacent to an activating group) is 1. The first-order chi connectivity index (χ1) is 12.0. The van der Waals surface area contributed by atoms with Crippen LogP contribution in [0.1, 0.15) is 32.8 Å². The number of carbonyl (C=O) groups is 1. The van der Waals surface area contributed by atoms with Gasteiger partial charge in [0.2, 0.25) is 0 Å². The van der Waals surface area contributed by atoms with Crippen molar-refractivity contribution in [3.63, 3.8) is 0 Å². The summed E-state index contributed by atoms with van der Waals surface area (Å²) in [5.41, 5.74) is 2.77. The molecular weight excluding hydrogens is 314 g/mol. The van der Waals surface area contributed by atoms with Crippen LogP contribution in [0, 0.1) is 0 Å². The lowest BCUT2D eigenvalue weighted by molar-refractivity contribution is -0.127. The summed E-state index contributed by atoms with van der Waals surface area (Å²) < 4.78 is 0. The van der Waals surface area contributed by atoms with Crippen molar-refractivity contribution < 1.29 is 9.90 Å². The van der Waals surface area contributed by atoms with E-state index < -0.39 is 0 Å². The van der Waals surface area contributed by atoms with Crippen LogP contribution in [0.4, 0.5) is 0 Å². The predicted octanol–water partition coefficient (Wildman–Crippen LogP) is 3.32. The lowest BCUT2D eigenvalue weighted by atomic mass is 10.1. The molecule has 0 unspecified atom stereocenters. The highest BCUT2D eigenvalue weighted by Gasteiger charge is 2.26. The molecule has 1 heterocycles. The molecule has 0 bridgehead atoms. The zero-order valence-electron chi connectivity index (χ0n) is 15.5. The Morgan fingerprint density at radius 2 is 1.96 bits per heavy atom. The Kier molecular flexibility index (Phi) is 6.39. The van der Waals surface area contributed by atoms with Crippen molar-refractivity contribution in [1.29, 1.82) is 0 Å². The van der Waals surface area contributed by atoms with Gasteiger partial charge in [-0.25, -0.2) is 4.99 Å². The minimum Gasteiger partial charge on any atom is -0.508 e. The summed E-state index contributed by atoms with van der Waals surface area (Å²) in [6, 6.07) is 6.99. The average molecular weight is 341 g/mol. The van der Waals surface area contributed by atoms with Crippen molar-refractivity contribution >= 4 is 12.1 Å². The summed E-state index contributed by atoms with van der Waals surface area (Å²) in [5.74, 6) is 0.937. The molecule has 0 radical (unpaired) electrons. The Balaban J connectivity index is 2.39. The normalized spacial score (nSPS) is 16.8. The Morgan fingerprint density at radius 3 is 2.56 bits per heavy atom. The Bertz CT molecular complexity index is 702. The molecule has 1 aromatic carbocycles. The van der Waals surface area contributed by atoms with Gasteiger partial charge in [0.05, 0.1) is 5.57 Å². The minimum atomic E-state index is -0.00850. The van der Waals surface area contributed by atoms with Gasteiger partial charge in [-0.05, 0) is 44.0 Å². The van der Waals surface area contributed by atoms with E-state index in [0.717, 1.165) is 24.1 Å². The molecule has 0 saturated carbocycles. The van der Waals surface area contributed by atoms with E-state index in [4.69, 9.17) is 0 Å². The monoisotopic (exact) mass is 341 g/mol. The molecule has 2 rings (SSSR count). The van der Waals surface area contributed by atoms with Crippen LogP contribution in [0.5, 0.6) is 5.75 Å². The number of amides is 1. The molecule has 1 aromatic rings. The van der Waals surface area contributed by atoms with E-state index in [1.807, 2.05) is 48.9 Å². The largest absolute Gasteiger partial charge is 0.508 e. The van der Waals surface area contributed by atoms with Gasteiger partial charge in [0, 0.05) is 32.9 Å². The topological polar surface area (TPSA) is 56.1 Å². The van der Waals surface area contributed by atoms with Gasteiger partial charge >= 0.3 is 0 Å². The van der Waals surface area contributed by atoms with Crippen molar-refractivity contribution in [2.75, 3.05) is 20.1 Å². The maximum absolute atomic E-state index is 13.2. The van der Waals surface area contributed by atoms with Crippen LogP contribution < -0.4 is 0 Å². The van der Waals surface area contributed by atoms with Gasteiger partial charge in [-0.1, -0.05) is 24.6 Å². The van der Waals surface area contributed by atoms with E-state index in [9.17, 15) is 9.90 Å². The van der Waals surface area contributed by atoms with Gasteiger partial charge in [-0.3, -0.25) is 4.79 Å². The van der Waals surface area contributed by atoms with Crippen LogP contribution in [0.3, 0.4) is 0 Å². The highest BCUT2D eigenvalue weighted by molar-refractivity contribution is 5.97. The SMILES string of the molecule is C/C=N\C1=C(/C=C(/C)CC)C(=O)N(Cc2ccc(O)cc2)CCN1C. The fraction of sp³-hybridized carbons (Fsp3) is 0.400. The number of rotatable bonds is 5.